The Morgan fingerprint density at radius 2 is 2.00 bits per heavy atom. The van der Waals surface area contributed by atoms with Gasteiger partial charge in [0.05, 0.1) is 6.57 Å². The van der Waals surface area contributed by atoms with Gasteiger partial charge in [0.1, 0.15) is 5.75 Å². The van der Waals surface area contributed by atoms with E-state index in [1.165, 1.54) is 12.1 Å². The Hall–Kier alpha value is -1.53. The van der Waals surface area contributed by atoms with E-state index in [9.17, 15) is 4.79 Å². The fourth-order valence-electron chi connectivity index (χ4n) is 0.681. The Labute approximate surface area is 74.3 Å². The van der Waals surface area contributed by atoms with E-state index >= 15 is 0 Å². The molecule has 0 saturated heterocycles. The number of benzene rings is 1. The monoisotopic (exact) mass is 181 g/mol. The molecule has 0 amide bonds. The molecule has 0 radical (unpaired) electrons. The highest BCUT2D eigenvalue weighted by Crippen LogP contribution is 2.18. The molecule has 1 rings (SSSR count). The zero-order chi connectivity index (χ0) is 8.97. The van der Waals surface area contributed by atoms with Gasteiger partial charge in [0.15, 0.2) is 5.69 Å². The summed E-state index contributed by atoms with van der Waals surface area (Å²) in [4.78, 5) is 13.4. The van der Waals surface area contributed by atoms with Crippen molar-refractivity contribution in [2.45, 2.75) is 0 Å². The van der Waals surface area contributed by atoms with Crippen molar-refractivity contribution in [2.75, 3.05) is 0 Å². The third kappa shape index (κ3) is 2.26. The van der Waals surface area contributed by atoms with E-state index in [1.807, 2.05) is 0 Å². The molecule has 0 aliphatic carbocycles. The van der Waals surface area contributed by atoms with E-state index in [-0.39, 0.29) is 0 Å². The summed E-state index contributed by atoms with van der Waals surface area (Å²) >= 11 is 4.96. The second-order valence-corrected chi connectivity index (χ2v) is 2.25. The highest BCUT2D eigenvalue weighted by atomic mass is 35.5. The molecule has 0 spiro atoms. The Kier molecular flexibility index (Phi) is 2.67. The van der Waals surface area contributed by atoms with Gasteiger partial charge in [-0.1, -0.05) is 12.1 Å². The van der Waals surface area contributed by atoms with Crippen molar-refractivity contribution in [3.05, 3.63) is 35.7 Å². The Balaban J connectivity index is 2.80. The molecule has 0 aromatic heterocycles. The van der Waals surface area contributed by atoms with Crippen LogP contribution in [-0.2, 0) is 0 Å². The zero-order valence-electron chi connectivity index (χ0n) is 5.95. The maximum Gasteiger partial charge on any atom is 0.409 e. The average molecular weight is 182 g/mol. The molecule has 0 saturated carbocycles. The van der Waals surface area contributed by atoms with Crippen LogP contribution in [0.2, 0.25) is 0 Å². The Morgan fingerprint density at radius 3 is 2.42 bits per heavy atom. The molecular weight excluding hydrogens is 178 g/mol. The second kappa shape index (κ2) is 3.74. The summed E-state index contributed by atoms with van der Waals surface area (Å²) in [7, 11) is 0. The molecule has 4 heteroatoms. The number of halogens is 1. The lowest BCUT2D eigenvalue weighted by molar-refractivity contribution is 0.225. The van der Waals surface area contributed by atoms with Gasteiger partial charge in [-0.25, -0.2) is 9.64 Å². The van der Waals surface area contributed by atoms with E-state index in [2.05, 4.69) is 9.58 Å². The highest BCUT2D eigenvalue weighted by Gasteiger charge is 1.98. The molecule has 0 heterocycles. The summed E-state index contributed by atoms with van der Waals surface area (Å²) in [5, 5.41) is 0. The number of carbonyl (C=O) groups excluding carboxylic acids is 1. The van der Waals surface area contributed by atoms with E-state index in [0.717, 1.165) is 0 Å². The van der Waals surface area contributed by atoms with Crippen molar-refractivity contribution in [2.24, 2.45) is 0 Å². The summed E-state index contributed by atoms with van der Waals surface area (Å²) in [5.74, 6) is 0.336. The molecule has 0 unspecified atom stereocenters. The minimum atomic E-state index is -0.884. The summed E-state index contributed by atoms with van der Waals surface area (Å²) in [6, 6.07) is 6.10. The van der Waals surface area contributed by atoms with Crippen LogP contribution >= 0.6 is 11.6 Å². The van der Waals surface area contributed by atoms with Gasteiger partial charge in [-0.05, 0) is 12.1 Å². The average Bonchev–Trinajstić information content (AvgIpc) is 2.05. The van der Waals surface area contributed by atoms with Crippen LogP contribution in [0.15, 0.2) is 24.3 Å². The fourth-order valence-corrected chi connectivity index (χ4v) is 0.770. The van der Waals surface area contributed by atoms with Crippen LogP contribution in [0.5, 0.6) is 5.75 Å². The van der Waals surface area contributed by atoms with Gasteiger partial charge in [0.25, 0.3) is 0 Å². The van der Waals surface area contributed by atoms with Crippen LogP contribution in [0, 0.1) is 6.57 Å². The predicted molar refractivity (Wildman–Crippen MR) is 44.6 cm³/mol. The van der Waals surface area contributed by atoms with Gasteiger partial charge in [0, 0.05) is 11.6 Å². The van der Waals surface area contributed by atoms with Gasteiger partial charge in [-0.3, -0.25) is 0 Å². The fraction of sp³-hybridized carbons (Fsp3) is 0. The first-order valence-electron chi connectivity index (χ1n) is 3.07. The Morgan fingerprint density at radius 1 is 1.42 bits per heavy atom. The summed E-state index contributed by atoms with van der Waals surface area (Å²) < 4.78 is 4.54. The molecule has 1 aromatic carbocycles. The van der Waals surface area contributed by atoms with Crippen LogP contribution < -0.4 is 4.74 Å². The molecule has 0 fully saturated rings. The molecule has 60 valence electrons. The molecule has 1 aromatic rings. The Bertz CT molecular complexity index is 326. The van der Waals surface area contributed by atoms with E-state index in [0.29, 0.717) is 11.4 Å². The lowest BCUT2D eigenvalue weighted by Gasteiger charge is -1.97. The first-order valence-corrected chi connectivity index (χ1v) is 3.45. The molecule has 0 aliphatic heterocycles. The number of nitrogens with zero attached hydrogens (tertiary/aromatic N) is 1. The molecule has 0 bridgehead atoms. The van der Waals surface area contributed by atoms with Crippen LogP contribution in [0.4, 0.5) is 10.5 Å². The molecule has 0 N–H and O–H groups in total. The number of ether oxygens (including phenoxy) is 1. The largest absolute Gasteiger partial charge is 0.415 e. The van der Waals surface area contributed by atoms with Gasteiger partial charge in [-0.15, -0.1) is 0 Å². The van der Waals surface area contributed by atoms with Crippen molar-refractivity contribution in [3.63, 3.8) is 0 Å². The lowest BCUT2D eigenvalue weighted by atomic mass is 10.3. The van der Waals surface area contributed by atoms with Crippen LogP contribution in [0.25, 0.3) is 4.85 Å². The van der Waals surface area contributed by atoms with E-state index in [1.54, 1.807) is 12.1 Å². The number of hydrogen-bond donors (Lipinski definition) is 0. The summed E-state index contributed by atoms with van der Waals surface area (Å²) in [6.45, 7) is 6.65. The molecular formula is C8H4ClNO2. The maximum atomic E-state index is 10.3. The predicted octanol–water partition coefficient (Wildman–Crippen LogP) is 2.97. The van der Waals surface area contributed by atoms with Crippen molar-refractivity contribution < 1.29 is 9.53 Å². The normalized spacial score (nSPS) is 8.67. The number of hydrogen-bond acceptors (Lipinski definition) is 2. The highest BCUT2D eigenvalue weighted by molar-refractivity contribution is 6.61. The van der Waals surface area contributed by atoms with Crippen molar-refractivity contribution in [3.8, 4) is 5.75 Å². The summed E-state index contributed by atoms with van der Waals surface area (Å²) in [6.07, 6.45) is 0. The minimum absolute atomic E-state index is 0.336. The first-order chi connectivity index (χ1) is 5.72. The second-order valence-electron chi connectivity index (χ2n) is 1.95. The van der Waals surface area contributed by atoms with Gasteiger partial charge >= 0.3 is 5.43 Å². The maximum absolute atomic E-state index is 10.3. The van der Waals surface area contributed by atoms with Crippen molar-refractivity contribution >= 4 is 22.7 Å². The quantitative estimate of drug-likeness (QED) is 0.493. The van der Waals surface area contributed by atoms with Gasteiger partial charge in [0.2, 0.25) is 0 Å². The van der Waals surface area contributed by atoms with E-state index < -0.39 is 5.43 Å². The zero-order valence-corrected chi connectivity index (χ0v) is 6.71. The lowest BCUT2D eigenvalue weighted by Crippen LogP contribution is -1.94. The summed E-state index contributed by atoms with van der Waals surface area (Å²) in [5.41, 5.74) is -0.394. The van der Waals surface area contributed by atoms with E-state index in [4.69, 9.17) is 18.2 Å². The third-order valence-corrected chi connectivity index (χ3v) is 1.24. The SMILES string of the molecule is [C-]#[N+]c1ccc(OC(=O)Cl)cc1. The van der Waals surface area contributed by atoms with Crippen molar-refractivity contribution in [1.82, 2.24) is 0 Å². The molecule has 0 atom stereocenters. The molecule has 3 nitrogen and oxygen atoms in total. The molecule has 0 aliphatic rings. The minimum Gasteiger partial charge on any atom is -0.415 e. The molecule has 12 heavy (non-hydrogen) atoms. The number of carbonyl (C=O) groups is 1. The number of rotatable bonds is 1. The smallest absolute Gasteiger partial charge is 0.409 e. The topological polar surface area (TPSA) is 30.7 Å². The standard InChI is InChI=1S/C8H4ClNO2/c1-10-6-2-4-7(5-3-6)12-8(9)11/h2-5H. The van der Waals surface area contributed by atoms with Gasteiger partial charge in [-0.2, -0.15) is 0 Å². The van der Waals surface area contributed by atoms with Gasteiger partial charge < -0.3 is 4.74 Å². The third-order valence-electron chi connectivity index (χ3n) is 1.16. The van der Waals surface area contributed by atoms with Crippen LogP contribution in [0.3, 0.4) is 0 Å². The van der Waals surface area contributed by atoms with Crippen LogP contribution in [0.1, 0.15) is 0 Å². The van der Waals surface area contributed by atoms with Crippen LogP contribution in [-0.4, -0.2) is 5.43 Å². The van der Waals surface area contributed by atoms with Crippen molar-refractivity contribution in [1.29, 1.82) is 0 Å². The first kappa shape index (κ1) is 8.57.